The highest BCUT2D eigenvalue weighted by molar-refractivity contribution is 14.1. The van der Waals surface area contributed by atoms with Crippen LogP contribution in [0.4, 0.5) is 5.82 Å². The molecule has 5 heteroatoms. The van der Waals surface area contributed by atoms with Crippen LogP contribution in [-0.4, -0.2) is 24.1 Å². The number of aromatic nitrogens is 2. The van der Waals surface area contributed by atoms with Crippen LogP contribution in [0.15, 0.2) is 0 Å². The zero-order chi connectivity index (χ0) is 15.7. The van der Waals surface area contributed by atoms with Gasteiger partial charge in [-0.1, -0.05) is 41.5 Å². The van der Waals surface area contributed by atoms with Gasteiger partial charge in [-0.3, -0.25) is 0 Å². The van der Waals surface area contributed by atoms with Crippen molar-refractivity contribution in [1.29, 1.82) is 0 Å². The molecule has 20 heavy (non-hydrogen) atoms. The predicted octanol–water partition coefficient (Wildman–Crippen LogP) is 4.15. The second kappa shape index (κ2) is 6.13. The van der Waals surface area contributed by atoms with Crippen LogP contribution < -0.4 is 5.32 Å². The van der Waals surface area contributed by atoms with Gasteiger partial charge in [0.05, 0.1) is 9.26 Å². The standard InChI is InChI=1S/C15H26IN3O/c1-14(2,3)10-9(16)12(17-7)19-13(18-10)11(20-8)15(4,5)6/h11H,1-8H3,(H,17,18,19). The summed E-state index contributed by atoms with van der Waals surface area (Å²) in [5, 5.41) is 3.16. The minimum absolute atomic E-state index is 0.0318. The smallest absolute Gasteiger partial charge is 0.160 e. The van der Waals surface area contributed by atoms with Crippen LogP contribution in [0.1, 0.15) is 59.2 Å². The fourth-order valence-corrected chi connectivity index (χ4v) is 3.41. The van der Waals surface area contributed by atoms with E-state index in [-0.39, 0.29) is 16.9 Å². The first-order valence-electron chi connectivity index (χ1n) is 6.80. The highest BCUT2D eigenvalue weighted by Crippen LogP contribution is 2.37. The molecule has 0 spiro atoms. The van der Waals surface area contributed by atoms with Crippen LogP contribution in [0.5, 0.6) is 0 Å². The van der Waals surface area contributed by atoms with Gasteiger partial charge in [0, 0.05) is 19.6 Å². The Labute approximate surface area is 136 Å². The molecule has 1 heterocycles. The van der Waals surface area contributed by atoms with Crippen molar-refractivity contribution in [2.75, 3.05) is 19.5 Å². The fourth-order valence-electron chi connectivity index (χ4n) is 2.09. The lowest BCUT2D eigenvalue weighted by Gasteiger charge is -2.30. The van der Waals surface area contributed by atoms with Gasteiger partial charge in [-0.05, 0) is 28.0 Å². The lowest BCUT2D eigenvalue weighted by atomic mass is 9.87. The Kier molecular flexibility index (Phi) is 5.40. The molecule has 0 aliphatic carbocycles. The van der Waals surface area contributed by atoms with Gasteiger partial charge in [-0.25, -0.2) is 9.97 Å². The van der Waals surface area contributed by atoms with E-state index in [0.29, 0.717) is 0 Å². The summed E-state index contributed by atoms with van der Waals surface area (Å²) >= 11 is 2.31. The molecule has 1 N–H and O–H groups in total. The number of halogens is 1. The molecular formula is C15H26IN3O. The molecule has 0 aromatic carbocycles. The van der Waals surface area contributed by atoms with Gasteiger partial charge in [0.2, 0.25) is 0 Å². The van der Waals surface area contributed by atoms with E-state index in [4.69, 9.17) is 9.72 Å². The molecule has 1 aromatic rings. The number of hydrogen-bond donors (Lipinski definition) is 1. The quantitative estimate of drug-likeness (QED) is 0.787. The van der Waals surface area contributed by atoms with E-state index >= 15 is 0 Å². The molecule has 0 aliphatic heterocycles. The number of anilines is 1. The van der Waals surface area contributed by atoms with Crippen LogP contribution in [-0.2, 0) is 10.2 Å². The van der Waals surface area contributed by atoms with Crippen molar-refractivity contribution in [2.45, 2.75) is 53.1 Å². The molecule has 0 radical (unpaired) electrons. The van der Waals surface area contributed by atoms with Crippen LogP contribution in [0, 0.1) is 8.99 Å². The van der Waals surface area contributed by atoms with E-state index in [1.165, 1.54) is 0 Å². The summed E-state index contributed by atoms with van der Waals surface area (Å²) in [7, 11) is 3.60. The SMILES string of the molecule is CNc1nc(C(OC)C(C)(C)C)nc(C(C)(C)C)c1I. The normalized spacial score (nSPS) is 14.2. The number of methoxy groups -OCH3 is 1. The van der Waals surface area contributed by atoms with Crippen molar-refractivity contribution in [3.8, 4) is 0 Å². The maximum Gasteiger partial charge on any atom is 0.160 e. The van der Waals surface area contributed by atoms with Gasteiger partial charge in [0.15, 0.2) is 5.82 Å². The van der Waals surface area contributed by atoms with Crippen molar-refractivity contribution in [3.63, 3.8) is 0 Å². The summed E-state index contributed by atoms with van der Waals surface area (Å²) in [6.07, 6.45) is -0.132. The van der Waals surface area contributed by atoms with Gasteiger partial charge in [0.1, 0.15) is 11.9 Å². The van der Waals surface area contributed by atoms with Crippen LogP contribution in [0.25, 0.3) is 0 Å². The Hall–Kier alpha value is -0.430. The summed E-state index contributed by atoms with van der Waals surface area (Å²) < 4.78 is 6.73. The molecule has 0 aliphatic rings. The molecule has 4 nitrogen and oxygen atoms in total. The average Bonchev–Trinajstić information content (AvgIpc) is 2.28. The first-order chi connectivity index (χ1) is 9.02. The van der Waals surface area contributed by atoms with E-state index in [2.05, 4.69) is 74.4 Å². The van der Waals surface area contributed by atoms with Crippen molar-refractivity contribution in [1.82, 2.24) is 9.97 Å². The molecular weight excluding hydrogens is 365 g/mol. The Balaban J connectivity index is 3.50. The van der Waals surface area contributed by atoms with E-state index in [1.807, 2.05) is 7.05 Å². The topological polar surface area (TPSA) is 47.0 Å². The first-order valence-corrected chi connectivity index (χ1v) is 7.88. The molecule has 0 saturated carbocycles. The van der Waals surface area contributed by atoms with Crippen LogP contribution >= 0.6 is 22.6 Å². The Bertz CT molecular complexity index is 475. The second-order valence-electron chi connectivity index (χ2n) is 7.07. The summed E-state index contributed by atoms with van der Waals surface area (Å²) in [6.45, 7) is 12.9. The zero-order valence-electron chi connectivity index (χ0n) is 13.8. The van der Waals surface area contributed by atoms with Crippen molar-refractivity contribution >= 4 is 28.4 Å². The molecule has 1 atom stereocenters. The molecule has 114 valence electrons. The highest BCUT2D eigenvalue weighted by Gasteiger charge is 2.31. The molecule has 1 rings (SSSR count). The van der Waals surface area contributed by atoms with E-state index in [9.17, 15) is 0 Å². The first kappa shape index (κ1) is 17.6. The molecule has 0 amide bonds. The molecule has 0 bridgehead atoms. The van der Waals surface area contributed by atoms with Crippen LogP contribution in [0.2, 0.25) is 0 Å². The maximum absolute atomic E-state index is 5.65. The van der Waals surface area contributed by atoms with Gasteiger partial charge >= 0.3 is 0 Å². The fraction of sp³-hybridized carbons (Fsp3) is 0.733. The number of ether oxygens (including phenoxy) is 1. The summed E-state index contributed by atoms with van der Waals surface area (Å²) in [5.41, 5.74) is 0.969. The lowest BCUT2D eigenvalue weighted by molar-refractivity contribution is 0.00845. The maximum atomic E-state index is 5.65. The van der Waals surface area contributed by atoms with Gasteiger partial charge in [-0.2, -0.15) is 0 Å². The van der Waals surface area contributed by atoms with Crippen molar-refractivity contribution < 1.29 is 4.74 Å². The third kappa shape index (κ3) is 3.81. The molecule has 0 fully saturated rings. The van der Waals surface area contributed by atoms with E-state index in [1.54, 1.807) is 7.11 Å². The van der Waals surface area contributed by atoms with E-state index in [0.717, 1.165) is 20.9 Å². The zero-order valence-corrected chi connectivity index (χ0v) is 15.9. The van der Waals surface area contributed by atoms with Crippen molar-refractivity contribution in [2.24, 2.45) is 5.41 Å². The van der Waals surface area contributed by atoms with E-state index < -0.39 is 0 Å². The Morgan fingerprint density at radius 2 is 1.65 bits per heavy atom. The minimum Gasteiger partial charge on any atom is -0.373 e. The largest absolute Gasteiger partial charge is 0.373 e. The minimum atomic E-state index is -0.132. The van der Waals surface area contributed by atoms with Gasteiger partial charge < -0.3 is 10.1 Å². The summed E-state index contributed by atoms with van der Waals surface area (Å²) in [5.74, 6) is 1.61. The van der Waals surface area contributed by atoms with Gasteiger partial charge in [-0.15, -0.1) is 0 Å². The third-order valence-electron chi connectivity index (χ3n) is 3.07. The summed E-state index contributed by atoms with van der Waals surface area (Å²) in [4.78, 5) is 9.45. The number of nitrogens with one attached hydrogen (secondary N) is 1. The number of hydrogen-bond acceptors (Lipinski definition) is 4. The lowest BCUT2D eigenvalue weighted by Crippen LogP contribution is -2.26. The Morgan fingerprint density at radius 3 is 2.00 bits per heavy atom. The second-order valence-corrected chi connectivity index (χ2v) is 8.15. The van der Waals surface area contributed by atoms with Gasteiger partial charge in [0.25, 0.3) is 0 Å². The molecule has 1 unspecified atom stereocenters. The third-order valence-corrected chi connectivity index (χ3v) is 4.09. The van der Waals surface area contributed by atoms with Crippen LogP contribution in [0.3, 0.4) is 0 Å². The monoisotopic (exact) mass is 391 g/mol. The predicted molar refractivity (Wildman–Crippen MR) is 92.2 cm³/mol. The average molecular weight is 391 g/mol. The molecule has 0 saturated heterocycles. The number of rotatable bonds is 3. The molecule has 1 aromatic heterocycles. The van der Waals surface area contributed by atoms with Crippen molar-refractivity contribution in [3.05, 3.63) is 15.1 Å². The highest BCUT2D eigenvalue weighted by atomic mass is 127. The Morgan fingerprint density at radius 1 is 1.10 bits per heavy atom. The summed E-state index contributed by atoms with van der Waals surface area (Å²) in [6, 6.07) is 0. The number of nitrogens with zero attached hydrogens (tertiary/aromatic N) is 2.